The van der Waals surface area contributed by atoms with Crippen LogP contribution in [0, 0.1) is 17.2 Å². The lowest BCUT2D eigenvalue weighted by molar-refractivity contribution is -0.136. The van der Waals surface area contributed by atoms with Gasteiger partial charge in [-0.15, -0.1) is 5.10 Å². The second kappa shape index (κ2) is 11.7. The van der Waals surface area contributed by atoms with Gasteiger partial charge in [0, 0.05) is 39.0 Å². The number of nitriles is 1. The first-order chi connectivity index (χ1) is 16.7. The van der Waals surface area contributed by atoms with E-state index in [1.165, 1.54) is 23.5 Å². The lowest BCUT2D eigenvalue weighted by Gasteiger charge is -2.35. The third kappa shape index (κ3) is 6.43. The fourth-order valence-corrected chi connectivity index (χ4v) is 5.32. The third-order valence-electron chi connectivity index (χ3n) is 6.18. The zero-order chi connectivity index (χ0) is 25.6. The van der Waals surface area contributed by atoms with E-state index in [1.54, 1.807) is 34.8 Å². The average Bonchev–Trinajstić information content (AvgIpc) is 3.31. The fourth-order valence-electron chi connectivity index (χ4n) is 4.00. The standard InChI is InChI=1S/C23H32N6O5S/c1-17-12-29(18(2)15-30)23(31)9-6-10-28-13-20(25-26-28)16-34-21(17)14-27(3)35(32,33)22-8-5-4-7-19(22)11-24/h4-5,7-8,13,17-18,21,30H,6,9-10,12,14-16H2,1-3H3/t17-,18-,21+/m1/s1. The Hall–Kier alpha value is -2.85. The van der Waals surface area contributed by atoms with Gasteiger partial charge >= 0.3 is 0 Å². The molecule has 1 aliphatic heterocycles. The number of amides is 1. The molecule has 0 fully saturated rings. The van der Waals surface area contributed by atoms with Gasteiger partial charge in [0.2, 0.25) is 15.9 Å². The maximum atomic E-state index is 13.3. The quantitative estimate of drug-likeness (QED) is 0.614. The van der Waals surface area contributed by atoms with Gasteiger partial charge in [0.25, 0.3) is 0 Å². The van der Waals surface area contributed by atoms with E-state index in [2.05, 4.69) is 10.3 Å². The Kier molecular flexibility index (Phi) is 8.96. The molecule has 2 heterocycles. The van der Waals surface area contributed by atoms with Gasteiger partial charge in [0.05, 0.1) is 42.0 Å². The number of fused-ring (bicyclic) bond motifs is 2. The second-order valence-electron chi connectivity index (χ2n) is 8.87. The number of aromatic nitrogens is 3. The van der Waals surface area contributed by atoms with Crippen molar-refractivity contribution in [1.29, 1.82) is 5.26 Å². The van der Waals surface area contributed by atoms with Crippen LogP contribution in [0.1, 0.15) is 37.9 Å². The summed E-state index contributed by atoms with van der Waals surface area (Å²) in [6.07, 6.45) is 2.02. The summed E-state index contributed by atoms with van der Waals surface area (Å²) in [6.45, 7) is 4.41. The van der Waals surface area contributed by atoms with Crippen molar-refractivity contribution in [3.05, 3.63) is 41.7 Å². The summed E-state index contributed by atoms with van der Waals surface area (Å²) >= 11 is 0. The predicted octanol–water partition coefficient (Wildman–Crippen LogP) is 0.995. The number of hydrogen-bond donors (Lipinski definition) is 1. The zero-order valence-electron chi connectivity index (χ0n) is 20.2. The fraction of sp³-hybridized carbons (Fsp3) is 0.565. The SMILES string of the molecule is C[C@@H]1CN([C@H](C)CO)C(=O)CCCn2cc(nn2)CO[C@H]1CN(C)S(=O)(=O)c1ccccc1C#N. The summed E-state index contributed by atoms with van der Waals surface area (Å²) in [5, 5.41) is 27.3. The number of likely N-dealkylation sites (N-methyl/N-ethyl adjacent to an activating group) is 1. The van der Waals surface area contributed by atoms with Crippen molar-refractivity contribution < 1.29 is 23.1 Å². The Bertz CT molecular complexity index is 1160. The van der Waals surface area contributed by atoms with Gasteiger partial charge in [-0.25, -0.2) is 8.42 Å². The number of aliphatic hydroxyl groups is 1. The molecule has 1 aromatic heterocycles. The minimum Gasteiger partial charge on any atom is -0.394 e. The maximum absolute atomic E-state index is 13.3. The van der Waals surface area contributed by atoms with Crippen LogP contribution in [0.15, 0.2) is 35.4 Å². The number of carbonyl (C=O) groups is 1. The minimum atomic E-state index is -3.97. The number of carbonyl (C=O) groups excluding carboxylic acids is 1. The Morgan fingerprint density at radius 1 is 1.37 bits per heavy atom. The van der Waals surface area contributed by atoms with Crippen molar-refractivity contribution >= 4 is 15.9 Å². The molecule has 35 heavy (non-hydrogen) atoms. The highest BCUT2D eigenvalue weighted by Gasteiger charge is 2.31. The molecule has 3 rings (SSSR count). The molecule has 1 aliphatic rings. The number of aryl methyl sites for hydroxylation is 1. The Labute approximate surface area is 205 Å². The van der Waals surface area contributed by atoms with E-state index < -0.39 is 22.2 Å². The lowest BCUT2D eigenvalue weighted by atomic mass is 10.0. The molecule has 1 aromatic carbocycles. The first kappa shape index (κ1) is 26.7. The predicted molar refractivity (Wildman–Crippen MR) is 126 cm³/mol. The van der Waals surface area contributed by atoms with Crippen molar-refractivity contribution in [2.75, 3.05) is 26.7 Å². The first-order valence-corrected chi connectivity index (χ1v) is 13.0. The van der Waals surface area contributed by atoms with Crippen LogP contribution < -0.4 is 0 Å². The van der Waals surface area contributed by atoms with E-state index in [0.29, 0.717) is 18.7 Å². The second-order valence-corrected chi connectivity index (χ2v) is 10.9. The molecule has 0 aliphatic carbocycles. The maximum Gasteiger partial charge on any atom is 0.244 e. The molecule has 0 radical (unpaired) electrons. The van der Waals surface area contributed by atoms with Crippen molar-refractivity contribution in [2.45, 2.75) is 56.9 Å². The molecule has 2 aromatic rings. The molecule has 3 atom stereocenters. The summed E-state index contributed by atoms with van der Waals surface area (Å²) in [6, 6.07) is 7.58. The molecular formula is C23H32N6O5S. The number of aliphatic hydroxyl groups excluding tert-OH is 1. The Morgan fingerprint density at radius 3 is 2.83 bits per heavy atom. The number of sulfonamides is 1. The van der Waals surface area contributed by atoms with Crippen molar-refractivity contribution in [2.24, 2.45) is 5.92 Å². The van der Waals surface area contributed by atoms with E-state index >= 15 is 0 Å². The van der Waals surface area contributed by atoms with Crippen LogP contribution in [-0.4, -0.2) is 82.5 Å². The van der Waals surface area contributed by atoms with E-state index in [-0.39, 0.29) is 55.0 Å². The van der Waals surface area contributed by atoms with Crippen LogP contribution in [0.5, 0.6) is 0 Å². The number of ether oxygens (including phenoxy) is 1. The smallest absolute Gasteiger partial charge is 0.244 e. The van der Waals surface area contributed by atoms with Crippen LogP contribution in [0.4, 0.5) is 0 Å². The molecule has 190 valence electrons. The van der Waals surface area contributed by atoms with Crippen molar-refractivity contribution in [1.82, 2.24) is 24.2 Å². The first-order valence-electron chi connectivity index (χ1n) is 11.5. The van der Waals surface area contributed by atoms with Crippen molar-refractivity contribution in [3.63, 3.8) is 0 Å². The molecule has 0 saturated carbocycles. The monoisotopic (exact) mass is 504 g/mol. The van der Waals surface area contributed by atoms with Gasteiger partial charge in [-0.05, 0) is 25.5 Å². The largest absolute Gasteiger partial charge is 0.394 e. The summed E-state index contributed by atoms with van der Waals surface area (Å²) in [5.41, 5.74) is 0.669. The summed E-state index contributed by atoms with van der Waals surface area (Å²) < 4.78 is 35.5. The summed E-state index contributed by atoms with van der Waals surface area (Å²) in [4.78, 5) is 14.5. The van der Waals surface area contributed by atoms with Gasteiger partial charge in [-0.1, -0.05) is 24.3 Å². The molecule has 1 N–H and O–H groups in total. The Morgan fingerprint density at radius 2 is 2.11 bits per heavy atom. The van der Waals surface area contributed by atoms with Crippen molar-refractivity contribution in [3.8, 4) is 6.07 Å². The van der Waals surface area contributed by atoms with E-state index in [1.807, 2.05) is 13.0 Å². The van der Waals surface area contributed by atoms with Gasteiger partial charge in [0.1, 0.15) is 11.8 Å². The summed E-state index contributed by atoms with van der Waals surface area (Å²) in [5.74, 6) is -0.367. The van der Waals surface area contributed by atoms with E-state index in [0.717, 1.165) is 0 Å². The summed E-state index contributed by atoms with van der Waals surface area (Å²) in [7, 11) is -2.53. The molecular weight excluding hydrogens is 472 g/mol. The number of benzene rings is 1. The topological polar surface area (TPSA) is 142 Å². The third-order valence-corrected chi connectivity index (χ3v) is 8.06. The Balaban J connectivity index is 1.89. The number of nitrogens with zero attached hydrogens (tertiary/aromatic N) is 6. The highest BCUT2D eigenvalue weighted by molar-refractivity contribution is 7.89. The number of hydrogen-bond acceptors (Lipinski definition) is 8. The number of rotatable bonds is 6. The van der Waals surface area contributed by atoms with Gasteiger partial charge in [-0.2, -0.15) is 9.57 Å². The normalized spacial score (nSPS) is 21.0. The highest BCUT2D eigenvalue weighted by atomic mass is 32.2. The van der Waals surface area contributed by atoms with Crippen LogP contribution in [0.3, 0.4) is 0 Å². The van der Waals surface area contributed by atoms with Crippen LogP contribution in [0.25, 0.3) is 0 Å². The zero-order valence-corrected chi connectivity index (χ0v) is 21.1. The minimum absolute atomic E-state index is 0.00701. The van der Waals surface area contributed by atoms with Gasteiger partial charge in [0.15, 0.2) is 0 Å². The van der Waals surface area contributed by atoms with E-state index in [4.69, 9.17) is 4.74 Å². The van der Waals surface area contributed by atoms with Crippen LogP contribution >= 0.6 is 0 Å². The average molecular weight is 505 g/mol. The van der Waals surface area contributed by atoms with Gasteiger partial charge < -0.3 is 14.7 Å². The molecule has 0 spiro atoms. The molecule has 0 saturated heterocycles. The molecule has 1 amide bonds. The van der Waals surface area contributed by atoms with Gasteiger partial charge in [-0.3, -0.25) is 9.48 Å². The molecule has 2 bridgehead atoms. The van der Waals surface area contributed by atoms with Crippen LogP contribution in [-0.2, 0) is 32.7 Å². The molecule has 0 unspecified atom stereocenters. The molecule has 11 nitrogen and oxygen atoms in total. The lowest BCUT2D eigenvalue weighted by Crippen LogP contribution is -2.47. The van der Waals surface area contributed by atoms with E-state index in [9.17, 15) is 23.6 Å². The molecule has 12 heteroatoms. The highest BCUT2D eigenvalue weighted by Crippen LogP contribution is 2.22. The van der Waals surface area contributed by atoms with Crippen LogP contribution in [0.2, 0.25) is 0 Å².